The number of benzene rings is 1. The first-order valence-corrected chi connectivity index (χ1v) is 3.98. The molecule has 0 aliphatic carbocycles. The van der Waals surface area contributed by atoms with Crippen LogP contribution in [-0.2, 0) is 0 Å². The fraction of sp³-hybridized carbons (Fsp3) is 0.100. The molecule has 13 heavy (non-hydrogen) atoms. The molecule has 0 radical (unpaired) electrons. The smallest absolute Gasteiger partial charge is 0.215 e. The summed E-state index contributed by atoms with van der Waals surface area (Å²) in [6.45, 7) is 1.98. The predicted octanol–water partition coefficient (Wildman–Crippen LogP) is 1.30. The van der Waals surface area contributed by atoms with E-state index in [4.69, 9.17) is 0 Å². The van der Waals surface area contributed by atoms with E-state index in [1.807, 2.05) is 25.1 Å². The van der Waals surface area contributed by atoms with E-state index in [1.54, 1.807) is 0 Å². The van der Waals surface area contributed by atoms with Crippen LogP contribution in [0.3, 0.4) is 0 Å². The van der Waals surface area contributed by atoms with Crippen molar-refractivity contribution in [2.45, 2.75) is 6.92 Å². The molecule has 1 aromatic heterocycles. The Balaban J connectivity index is 2.90. The summed E-state index contributed by atoms with van der Waals surface area (Å²) in [5.74, 6) is 0. The number of fused-ring (bicyclic) bond motifs is 1. The molecule has 0 fully saturated rings. The average Bonchev–Trinajstić information content (AvgIpc) is 2.29. The summed E-state index contributed by atoms with van der Waals surface area (Å²) in [6, 6.07) is 5.71. The zero-order chi connectivity index (χ0) is 9.26. The van der Waals surface area contributed by atoms with Crippen LogP contribution >= 0.6 is 0 Å². The molecule has 1 aromatic carbocycles. The molecular formula is C10H8N2O. The van der Waals surface area contributed by atoms with Crippen LogP contribution in [0.2, 0.25) is 0 Å². The molecule has 0 saturated carbocycles. The van der Waals surface area contributed by atoms with Crippen LogP contribution in [0.25, 0.3) is 11.0 Å². The van der Waals surface area contributed by atoms with Gasteiger partial charge >= 0.3 is 0 Å². The maximum absolute atomic E-state index is 10.9. The number of rotatable bonds is 0. The Labute approximate surface area is 75.1 Å². The van der Waals surface area contributed by atoms with Gasteiger partial charge in [0.2, 0.25) is 5.43 Å². The van der Waals surface area contributed by atoms with Crippen molar-refractivity contribution in [3.63, 3.8) is 0 Å². The van der Waals surface area contributed by atoms with Crippen molar-refractivity contribution < 1.29 is 0 Å². The van der Waals surface area contributed by atoms with E-state index in [1.165, 1.54) is 12.4 Å². The first-order chi connectivity index (χ1) is 6.25. The van der Waals surface area contributed by atoms with Gasteiger partial charge in [-0.2, -0.15) is 0 Å². The first-order valence-electron chi connectivity index (χ1n) is 3.98. The highest BCUT2D eigenvalue weighted by Gasteiger charge is 1.93. The molecule has 1 heterocycles. The summed E-state index contributed by atoms with van der Waals surface area (Å²) in [6.07, 6.45) is 2.57. The van der Waals surface area contributed by atoms with Crippen molar-refractivity contribution in [1.82, 2.24) is 9.97 Å². The van der Waals surface area contributed by atoms with E-state index in [2.05, 4.69) is 9.97 Å². The van der Waals surface area contributed by atoms with Crippen LogP contribution in [0.1, 0.15) is 5.56 Å². The van der Waals surface area contributed by atoms with Crippen molar-refractivity contribution in [3.8, 4) is 0 Å². The summed E-state index contributed by atoms with van der Waals surface area (Å²) in [7, 11) is 0. The minimum absolute atomic E-state index is 0.172. The molecule has 2 rings (SSSR count). The molecule has 0 aliphatic heterocycles. The van der Waals surface area contributed by atoms with Gasteiger partial charge in [0.05, 0.1) is 23.4 Å². The number of aryl methyl sites for hydroxylation is 1. The van der Waals surface area contributed by atoms with Gasteiger partial charge < -0.3 is 0 Å². The highest BCUT2D eigenvalue weighted by molar-refractivity contribution is 5.73. The normalized spacial score (nSPS) is 10.2. The van der Waals surface area contributed by atoms with Gasteiger partial charge in [0.25, 0.3) is 0 Å². The van der Waals surface area contributed by atoms with Crippen molar-refractivity contribution in [1.29, 1.82) is 0 Å². The molecular weight excluding hydrogens is 164 g/mol. The summed E-state index contributed by atoms with van der Waals surface area (Å²) < 4.78 is 0. The maximum Gasteiger partial charge on any atom is 0.215 e. The number of hydrogen-bond donors (Lipinski definition) is 0. The highest BCUT2D eigenvalue weighted by atomic mass is 16.1. The van der Waals surface area contributed by atoms with Crippen molar-refractivity contribution in [3.05, 3.63) is 46.4 Å². The third-order valence-electron chi connectivity index (χ3n) is 1.79. The van der Waals surface area contributed by atoms with Gasteiger partial charge in [0.1, 0.15) is 0 Å². The molecule has 0 N–H and O–H groups in total. The summed E-state index contributed by atoms with van der Waals surface area (Å²) in [4.78, 5) is 19.0. The van der Waals surface area contributed by atoms with Crippen LogP contribution in [0.4, 0.5) is 0 Å². The van der Waals surface area contributed by atoms with E-state index in [0.717, 1.165) is 16.6 Å². The van der Waals surface area contributed by atoms with Crippen LogP contribution in [-0.4, -0.2) is 9.97 Å². The molecule has 0 bridgehead atoms. The van der Waals surface area contributed by atoms with E-state index in [-0.39, 0.29) is 5.43 Å². The zero-order valence-electron chi connectivity index (χ0n) is 7.19. The lowest BCUT2D eigenvalue weighted by molar-refractivity contribution is 1.38. The lowest BCUT2D eigenvalue weighted by Crippen LogP contribution is -1.91. The highest BCUT2D eigenvalue weighted by Crippen LogP contribution is 2.07. The second kappa shape index (κ2) is 2.94. The molecule has 2 aromatic rings. The Kier molecular flexibility index (Phi) is 1.77. The third kappa shape index (κ3) is 1.54. The lowest BCUT2D eigenvalue weighted by atomic mass is 10.2. The number of nitrogens with zero attached hydrogens (tertiary/aromatic N) is 2. The van der Waals surface area contributed by atoms with Crippen molar-refractivity contribution in [2.75, 3.05) is 0 Å². The lowest BCUT2D eigenvalue weighted by Gasteiger charge is -1.91. The van der Waals surface area contributed by atoms with Crippen LogP contribution in [0.15, 0.2) is 35.4 Å². The van der Waals surface area contributed by atoms with Gasteiger partial charge in [-0.05, 0) is 24.6 Å². The molecule has 3 heteroatoms. The van der Waals surface area contributed by atoms with Gasteiger partial charge in [-0.15, -0.1) is 0 Å². The molecule has 3 nitrogen and oxygen atoms in total. The van der Waals surface area contributed by atoms with Gasteiger partial charge in [0.15, 0.2) is 0 Å². The topological polar surface area (TPSA) is 42.9 Å². The van der Waals surface area contributed by atoms with Crippen molar-refractivity contribution in [2.24, 2.45) is 0 Å². The molecule has 0 amide bonds. The van der Waals surface area contributed by atoms with Crippen molar-refractivity contribution >= 4 is 11.0 Å². The standard InChI is InChI=1S/C10H8N2O/c1-7-2-3-9-10(4-7)12-6-8(13)5-11-9/h2-6H,1H3. The molecule has 0 aliphatic rings. The number of hydrogen-bond acceptors (Lipinski definition) is 3. The SMILES string of the molecule is Cc1ccc2ncc(=O)cnc2c1. The molecule has 0 spiro atoms. The predicted molar refractivity (Wildman–Crippen MR) is 50.5 cm³/mol. The summed E-state index contributed by atoms with van der Waals surface area (Å²) in [5.41, 5.74) is 2.43. The first kappa shape index (κ1) is 7.86. The van der Waals surface area contributed by atoms with Crippen LogP contribution in [0, 0.1) is 6.92 Å². The Hall–Kier alpha value is -1.77. The second-order valence-electron chi connectivity index (χ2n) is 2.91. The monoisotopic (exact) mass is 172 g/mol. The largest absolute Gasteiger partial charge is 0.286 e. The fourth-order valence-corrected chi connectivity index (χ4v) is 1.15. The van der Waals surface area contributed by atoms with E-state index >= 15 is 0 Å². The zero-order valence-corrected chi connectivity index (χ0v) is 7.19. The molecule has 0 saturated heterocycles. The Morgan fingerprint density at radius 1 is 1.08 bits per heavy atom. The Morgan fingerprint density at radius 3 is 2.54 bits per heavy atom. The minimum atomic E-state index is -0.172. The van der Waals surface area contributed by atoms with E-state index < -0.39 is 0 Å². The van der Waals surface area contributed by atoms with Gasteiger partial charge in [-0.25, -0.2) is 0 Å². The summed E-state index contributed by atoms with van der Waals surface area (Å²) >= 11 is 0. The minimum Gasteiger partial charge on any atom is -0.286 e. The quantitative estimate of drug-likeness (QED) is 0.601. The molecule has 64 valence electrons. The van der Waals surface area contributed by atoms with Crippen LogP contribution < -0.4 is 5.43 Å². The average molecular weight is 172 g/mol. The number of aromatic nitrogens is 2. The third-order valence-corrected chi connectivity index (χ3v) is 1.79. The molecule has 0 unspecified atom stereocenters. The van der Waals surface area contributed by atoms with E-state index in [9.17, 15) is 4.79 Å². The van der Waals surface area contributed by atoms with Gasteiger partial charge in [-0.1, -0.05) is 6.07 Å². The fourth-order valence-electron chi connectivity index (χ4n) is 1.15. The second-order valence-corrected chi connectivity index (χ2v) is 2.91. The Morgan fingerprint density at radius 2 is 1.77 bits per heavy atom. The van der Waals surface area contributed by atoms with Crippen LogP contribution in [0.5, 0.6) is 0 Å². The summed E-state index contributed by atoms with van der Waals surface area (Å²) in [5, 5.41) is 0. The van der Waals surface area contributed by atoms with Gasteiger partial charge in [0, 0.05) is 0 Å². The molecule has 0 atom stereocenters. The Bertz CT molecular complexity index is 508. The van der Waals surface area contributed by atoms with Gasteiger partial charge in [-0.3, -0.25) is 14.8 Å². The maximum atomic E-state index is 10.9. The van der Waals surface area contributed by atoms with E-state index in [0.29, 0.717) is 0 Å².